The summed E-state index contributed by atoms with van der Waals surface area (Å²) in [6.07, 6.45) is 1.36. The monoisotopic (exact) mass is 228 g/mol. The van der Waals surface area contributed by atoms with Crippen LogP contribution in [-0.2, 0) is 0 Å². The van der Waals surface area contributed by atoms with Gasteiger partial charge in [0.1, 0.15) is 0 Å². The van der Waals surface area contributed by atoms with E-state index in [1.54, 1.807) is 0 Å². The zero-order valence-electron chi connectivity index (χ0n) is 10.3. The van der Waals surface area contributed by atoms with Gasteiger partial charge in [-0.1, -0.05) is 6.92 Å². The quantitative estimate of drug-likeness (QED) is 0.776. The average molecular weight is 228 g/mol. The van der Waals surface area contributed by atoms with Crippen molar-refractivity contribution in [3.8, 4) is 0 Å². The molecule has 2 heterocycles. The predicted molar refractivity (Wildman–Crippen MR) is 68.5 cm³/mol. The first-order valence-electron chi connectivity index (χ1n) is 6.16. The molecule has 0 radical (unpaired) electrons. The highest BCUT2D eigenvalue weighted by Gasteiger charge is 2.30. The van der Waals surface area contributed by atoms with Gasteiger partial charge < -0.3 is 5.32 Å². The molecule has 2 aliphatic heterocycles. The molecule has 1 N–H and O–H groups in total. The van der Waals surface area contributed by atoms with E-state index in [9.17, 15) is 0 Å². The lowest BCUT2D eigenvalue weighted by Crippen LogP contribution is -2.48. The first kappa shape index (κ1) is 11.7. The molecule has 15 heavy (non-hydrogen) atoms. The molecule has 0 spiro atoms. The van der Waals surface area contributed by atoms with Crippen LogP contribution in [0.1, 0.15) is 27.2 Å². The number of hydrogen-bond acceptors (Lipinski definition) is 3. The van der Waals surface area contributed by atoms with Crippen LogP contribution in [0.4, 0.5) is 0 Å². The standard InChI is InChI=1S/C12H24N2S/c1-10-4-5-13-11(10)8-14-6-7-15-12(2,3)9-14/h10-11,13H,4-9H2,1-3H3. The molecule has 2 unspecified atom stereocenters. The molecular weight excluding hydrogens is 204 g/mol. The van der Waals surface area contributed by atoms with Crippen LogP contribution in [0.15, 0.2) is 0 Å². The number of thioether (sulfide) groups is 1. The minimum atomic E-state index is 0.458. The van der Waals surface area contributed by atoms with Gasteiger partial charge in [0.2, 0.25) is 0 Å². The average Bonchev–Trinajstić information content (AvgIpc) is 2.50. The minimum Gasteiger partial charge on any atom is -0.312 e. The lowest BCUT2D eigenvalue weighted by atomic mass is 10.0. The van der Waals surface area contributed by atoms with E-state index in [4.69, 9.17) is 0 Å². The van der Waals surface area contributed by atoms with E-state index in [2.05, 4.69) is 42.7 Å². The first-order chi connectivity index (χ1) is 7.07. The maximum absolute atomic E-state index is 3.63. The lowest BCUT2D eigenvalue weighted by Gasteiger charge is -2.39. The van der Waals surface area contributed by atoms with E-state index in [0.29, 0.717) is 4.75 Å². The Morgan fingerprint density at radius 1 is 1.47 bits per heavy atom. The molecule has 0 aromatic carbocycles. The summed E-state index contributed by atoms with van der Waals surface area (Å²) in [6, 6.07) is 0.740. The number of hydrogen-bond donors (Lipinski definition) is 1. The second-order valence-corrected chi connectivity index (χ2v) is 7.47. The third kappa shape index (κ3) is 3.11. The highest BCUT2D eigenvalue weighted by Crippen LogP contribution is 2.30. The molecule has 2 aliphatic rings. The van der Waals surface area contributed by atoms with Gasteiger partial charge in [0.05, 0.1) is 0 Å². The Kier molecular flexibility index (Phi) is 3.63. The highest BCUT2D eigenvalue weighted by atomic mass is 32.2. The van der Waals surface area contributed by atoms with E-state index in [1.807, 2.05) is 0 Å². The summed E-state index contributed by atoms with van der Waals surface area (Å²) in [5.41, 5.74) is 0. The van der Waals surface area contributed by atoms with Gasteiger partial charge in [0.25, 0.3) is 0 Å². The Bertz CT molecular complexity index is 218. The molecule has 2 rings (SSSR count). The molecule has 0 bridgehead atoms. The number of rotatable bonds is 2. The van der Waals surface area contributed by atoms with Crippen LogP contribution in [0.5, 0.6) is 0 Å². The fraction of sp³-hybridized carbons (Fsp3) is 1.00. The van der Waals surface area contributed by atoms with Crippen molar-refractivity contribution in [1.82, 2.24) is 10.2 Å². The largest absolute Gasteiger partial charge is 0.312 e. The second-order valence-electron chi connectivity index (χ2n) is 5.67. The van der Waals surface area contributed by atoms with Gasteiger partial charge in [-0.25, -0.2) is 0 Å². The molecule has 2 nitrogen and oxygen atoms in total. The summed E-state index contributed by atoms with van der Waals surface area (Å²) < 4.78 is 0.458. The van der Waals surface area contributed by atoms with Crippen molar-refractivity contribution >= 4 is 11.8 Å². The van der Waals surface area contributed by atoms with Gasteiger partial charge in [0, 0.05) is 36.2 Å². The van der Waals surface area contributed by atoms with Crippen molar-refractivity contribution in [3.63, 3.8) is 0 Å². The molecule has 2 fully saturated rings. The van der Waals surface area contributed by atoms with E-state index < -0.39 is 0 Å². The lowest BCUT2D eigenvalue weighted by molar-refractivity contribution is 0.224. The first-order valence-corrected chi connectivity index (χ1v) is 7.15. The van der Waals surface area contributed by atoms with Crippen molar-refractivity contribution in [2.24, 2.45) is 5.92 Å². The third-order valence-corrected chi connectivity index (χ3v) is 4.95. The topological polar surface area (TPSA) is 15.3 Å². The smallest absolute Gasteiger partial charge is 0.0231 e. The maximum Gasteiger partial charge on any atom is 0.0231 e. The van der Waals surface area contributed by atoms with Crippen LogP contribution in [0.25, 0.3) is 0 Å². The fourth-order valence-electron chi connectivity index (χ4n) is 2.69. The molecular formula is C12H24N2S. The predicted octanol–water partition coefficient (Wildman–Crippen LogP) is 1.81. The van der Waals surface area contributed by atoms with Gasteiger partial charge in [-0.15, -0.1) is 0 Å². The normalized spacial score (nSPS) is 37.0. The Balaban J connectivity index is 1.83. The van der Waals surface area contributed by atoms with Crippen LogP contribution in [-0.4, -0.2) is 47.6 Å². The van der Waals surface area contributed by atoms with Crippen molar-refractivity contribution in [2.75, 3.05) is 31.9 Å². The Morgan fingerprint density at radius 3 is 2.87 bits per heavy atom. The van der Waals surface area contributed by atoms with E-state index >= 15 is 0 Å². The Hall–Kier alpha value is 0.270. The van der Waals surface area contributed by atoms with Crippen LogP contribution >= 0.6 is 11.8 Å². The molecule has 3 heteroatoms. The number of nitrogens with one attached hydrogen (secondary N) is 1. The zero-order valence-corrected chi connectivity index (χ0v) is 11.1. The van der Waals surface area contributed by atoms with Gasteiger partial charge in [-0.2, -0.15) is 11.8 Å². The van der Waals surface area contributed by atoms with E-state index in [1.165, 1.54) is 38.4 Å². The Labute approximate surface area is 98.2 Å². The van der Waals surface area contributed by atoms with Gasteiger partial charge in [-0.3, -0.25) is 4.90 Å². The molecule has 0 aliphatic carbocycles. The molecule has 2 atom stereocenters. The third-order valence-electron chi connectivity index (χ3n) is 3.65. The second kappa shape index (κ2) is 4.64. The Morgan fingerprint density at radius 2 is 2.27 bits per heavy atom. The van der Waals surface area contributed by atoms with Crippen molar-refractivity contribution in [3.05, 3.63) is 0 Å². The zero-order chi connectivity index (χ0) is 10.9. The van der Waals surface area contributed by atoms with Crippen molar-refractivity contribution in [1.29, 1.82) is 0 Å². The van der Waals surface area contributed by atoms with Crippen LogP contribution in [0, 0.1) is 5.92 Å². The summed E-state index contributed by atoms with van der Waals surface area (Å²) in [5.74, 6) is 2.16. The molecule has 0 saturated carbocycles. The van der Waals surface area contributed by atoms with Gasteiger partial charge in [-0.05, 0) is 32.7 Å². The summed E-state index contributed by atoms with van der Waals surface area (Å²) in [6.45, 7) is 12.1. The molecule has 0 amide bonds. The van der Waals surface area contributed by atoms with E-state index in [-0.39, 0.29) is 0 Å². The summed E-state index contributed by atoms with van der Waals surface area (Å²) in [5, 5.41) is 3.63. The van der Waals surface area contributed by atoms with Gasteiger partial charge in [0.15, 0.2) is 0 Å². The van der Waals surface area contributed by atoms with Crippen LogP contribution < -0.4 is 5.32 Å². The summed E-state index contributed by atoms with van der Waals surface area (Å²) in [4.78, 5) is 2.65. The summed E-state index contributed by atoms with van der Waals surface area (Å²) >= 11 is 2.12. The highest BCUT2D eigenvalue weighted by molar-refractivity contribution is 8.00. The van der Waals surface area contributed by atoms with Crippen LogP contribution in [0.3, 0.4) is 0 Å². The van der Waals surface area contributed by atoms with Crippen molar-refractivity contribution < 1.29 is 0 Å². The minimum absolute atomic E-state index is 0.458. The van der Waals surface area contributed by atoms with Crippen LogP contribution in [0.2, 0.25) is 0 Å². The van der Waals surface area contributed by atoms with E-state index in [0.717, 1.165) is 12.0 Å². The maximum atomic E-state index is 3.63. The molecule has 2 saturated heterocycles. The fourth-order valence-corrected chi connectivity index (χ4v) is 3.87. The molecule has 0 aromatic rings. The number of nitrogens with zero attached hydrogens (tertiary/aromatic N) is 1. The molecule has 0 aromatic heterocycles. The molecule has 88 valence electrons. The van der Waals surface area contributed by atoms with Gasteiger partial charge >= 0.3 is 0 Å². The van der Waals surface area contributed by atoms with Crippen molar-refractivity contribution in [2.45, 2.75) is 38.0 Å². The SMILES string of the molecule is CC1CCNC1CN1CCSC(C)(C)C1. The summed E-state index contributed by atoms with van der Waals surface area (Å²) in [7, 11) is 0.